The van der Waals surface area contributed by atoms with Crippen LogP contribution in [0.4, 0.5) is 18.9 Å². The zero-order chi connectivity index (χ0) is 12.9. The van der Waals surface area contributed by atoms with Gasteiger partial charge in [-0.25, -0.2) is 0 Å². The number of anilines is 1. The van der Waals surface area contributed by atoms with E-state index in [0.29, 0.717) is 11.3 Å². The van der Waals surface area contributed by atoms with Crippen molar-refractivity contribution < 1.29 is 13.2 Å². The van der Waals surface area contributed by atoms with E-state index in [9.17, 15) is 13.2 Å². The molecule has 0 spiro atoms. The molecule has 0 saturated heterocycles. The second-order valence-electron chi connectivity index (χ2n) is 3.43. The maximum absolute atomic E-state index is 11.9. The van der Waals surface area contributed by atoms with E-state index in [-0.39, 0.29) is 18.0 Å². The van der Waals surface area contributed by atoms with Crippen molar-refractivity contribution in [1.29, 1.82) is 0 Å². The van der Waals surface area contributed by atoms with Gasteiger partial charge in [-0.1, -0.05) is 12.2 Å². The molecule has 0 aliphatic rings. The van der Waals surface area contributed by atoms with Gasteiger partial charge in [-0.15, -0.1) is 0 Å². The molecule has 0 aliphatic carbocycles. The molecule has 3 nitrogen and oxygen atoms in total. The van der Waals surface area contributed by atoms with E-state index in [4.69, 9.17) is 18.0 Å². The first kappa shape index (κ1) is 13.7. The summed E-state index contributed by atoms with van der Waals surface area (Å²) in [5.74, 6) is 0. The Hall–Kier alpha value is -1.37. The summed E-state index contributed by atoms with van der Waals surface area (Å²) in [6, 6.07) is 1.62. The van der Waals surface area contributed by atoms with Crippen LogP contribution in [0.25, 0.3) is 0 Å². The van der Waals surface area contributed by atoms with Crippen molar-refractivity contribution >= 4 is 22.9 Å². The van der Waals surface area contributed by atoms with Crippen LogP contribution in [0.15, 0.2) is 18.5 Å². The van der Waals surface area contributed by atoms with E-state index in [2.05, 4.69) is 10.3 Å². The first-order valence-corrected chi connectivity index (χ1v) is 5.35. The molecule has 0 bridgehead atoms. The Balaban J connectivity index is 2.49. The van der Waals surface area contributed by atoms with Crippen LogP contribution in [-0.2, 0) is 0 Å². The third-order valence-electron chi connectivity index (χ3n) is 2.04. The van der Waals surface area contributed by atoms with Crippen LogP contribution in [0.2, 0.25) is 0 Å². The number of alkyl halides is 3. The molecule has 3 N–H and O–H groups in total. The van der Waals surface area contributed by atoms with Crippen molar-refractivity contribution in [2.45, 2.75) is 19.0 Å². The van der Waals surface area contributed by atoms with Crippen LogP contribution in [0.3, 0.4) is 0 Å². The lowest BCUT2D eigenvalue weighted by molar-refractivity contribution is -0.134. The Morgan fingerprint density at radius 1 is 1.47 bits per heavy atom. The summed E-state index contributed by atoms with van der Waals surface area (Å²) >= 11 is 4.82. The zero-order valence-electron chi connectivity index (χ0n) is 8.92. The number of nitrogens with zero attached hydrogens (tertiary/aromatic N) is 1. The maximum atomic E-state index is 11.9. The van der Waals surface area contributed by atoms with Crippen molar-refractivity contribution in [2.75, 3.05) is 11.9 Å². The highest BCUT2D eigenvalue weighted by molar-refractivity contribution is 7.80. The predicted molar refractivity (Wildman–Crippen MR) is 63.9 cm³/mol. The molecule has 0 aliphatic heterocycles. The highest BCUT2D eigenvalue weighted by atomic mass is 32.1. The van der Waals surface area contributed by atoms with Gasteiger partial charge in [0.15, 0.2) is 0 Å². The molecule has 7 heteroatoms. The number of hydrogen-bond donors (Lipinski definition) is 2. The Kier molecular flexibility index (Phi) is 4.68. The fraction of sp³-hybridized carbons (Fsp3) is 0.400. The molecule has 1 aromatic rings. The number of nitrogens with one attached hydrogen (secondary N) is 1. The summed E-state index contributed by atoms with van der Waals surface area (Å²) in [5.41, 5.74) is 6.61. The lowest BCUT2D eigenvalue weighted by Crippen LogP contribution is -2.15. The van der Waals surface area contributed by atoms with Gasteiger partial charge in [0.05, 0.1) is 11.9 Å². The second kappa shape index (κ2) is 5.81. The number of hydrogen-bond acceptors (Lipinski definition) is 3. The molecule has 1 heterocycles. The van der Waals surface area contributed by atoms with Crippen molar-refractivity contribution in [3.63, 3.8) is 0 Å². The van der Waals surface area contributed by atoms with Gasteiger partial charge in [0.25, 0.3) is 0 Å². The number of aromatic nitrogens is 1. The van der Waals surface area contributed by atoms with Crippen LogP contribution >= 0.6 is 12.2 Å². The van der Waals surface area contributed by atoms with E-state index in [1.54, 1.807) is 6.07 Å². The molecule has 0 unspecified atom stereocenters. The lowest BCUT2D eigenvalue weighted by Gasteiger charge is -2.11. The average Bonchev–Trinajstić information content (AvgIpc) is 2.23. The molecule has 0 atom stereocenters. The summed E-state index contributed by atoms with van der Waals surface area (Å²) in [7, 11) is 0. The van der Waals surface area contributed by atoms with E-state index in [1.807, 2.05) is 0 Å². The highest BCUT2D eigenvalue weighted by Gasteiger charge is 2.25. The molecular formula is C10H12F3N3S. The Labute approximate surface area is 102 Å². The SMILES string of the molecule is NC(=S)c1ccncc1NCCCC(F)(F)F. The van der Waals surface area contributed by atoms with Gasteiger partial charge in [0.1, 0.15) is 4.99 Å². The van der Waals surface area contributed by atoms with Gasteiger partial charge < -0.3 is 11.1 Å². The number of nitrogens with two attached hydrogens (primary N) is 1. The average molecular weight is 263 g/mol. The number of rotatable bonds is 5. The van der Waals surface area contributed by atoms with Crippen LogP contribution in [0, 0.1) is 0 Å². The summed E-state index contributed by atoms with van der Waals surface area (Å²) in [5, 5.41) is 2.84. The Morgan fingerprint density at radius 3 is 2.76 bits per heavy atom. The van der Waals surface area contributed by atoms with Crippen molar-refractivity contribution in [2.24, 2.45) is 5.73 Å². The molecule has 0 amide bonds. The molecule has 1 aromatic heterocycles. The van der Waals surface area contributed by atoms with Gasteiger partial charge in [-0.05, 0) is 12.5 Å². The monoisotopic (exact) mass is 263 g/mol. The van der Waals surface area contributed by atoms with Crippen molar-refractivity contribution in [3.05, 3.63) is 24.0 Å². The minimum absolute atomic E-state index is 0.00479. The minimum atomic E-state index is -4.12. The fourth-order valence-electron chi connectivity index (χ4n) is 1.26. The molecule has 0 saturated carbocycles. The van der Waals surface area contributed by atoms with Crippen LogP contribution in [0.1, 0.15) is 18.4 Å². The third-order valence-corrected chi connectivity index (χ3v) is 2.26. The van der Waals surface area contributed by atoms with Gasteiger partial charge in [0, 0.05) is 24.7 Å². The van der Waals surface area contributed by atoms with Gasteiger partial charge in [-0.2, -0.15) is 13.2 Å². The number of pyridine rings is 1. The first-order chi connectivity index (χ1) is 7.90. The van der Waals surface area contributed by atoms with E-state index < -0.39 is 12.6 Å². The van der Waals surface area contributed by atoms with Gasteiger partial charge in [-0.3, -0.25) is 4.98 Å². The van der Waals surface area contributed by atoms with Gasteiger partial charge >= 0.3 is 6.18 Å². The standard InChI is InChI=1S/C10H12F3N3S/c11-10(12,13)3-1-4-16-8-6-15-5-2-7(8)9(14)17/h2,5-6,16H,1,3-4H2,(H2,14,17). The normalized spacial score (nSPS) is 11.2. The van der Waals surface area contributed by atoms with E-state index >= 15 is 0 Å². The second-order valence-corrected chi connectivity index (χ2v) is 3.87. The predicted octanol–water partition coefficient (Wildman–Crippen LogP) is 2.47. The molecule has 0 radical (unpaired) electrons. The van der Waals surface area contributed by atoms with Gasteiger partial charge in [0.2, 0.25) is 0 Å². The summed E-state index contributed by atoms with van der Waals surface area (Å²) in [6.45, 7) is 0.195. The Morgan fingerprint density at radius 2 is 2.18 bits per heavy atom. The summed E-state index contributed by atoms with van der Waals surface area (Å²) < 4.78 is 35.7. The number of thiocarbonyl (C=S) groups is 1. The van der Waals surface area contributed by atoms with Crippen LogP contribution < -0.4 is 11.1 Å². The molecular weight excluding hydrogens is 251 g/mol. The smallest absolute Gasteiger partial charge is 0.389 e. The topological polar surface area (TPSA) is 50.9 Å². The summed E-state index contributed by atoms with van der Waals surface area (Å²) in [4.78, 5) is 4.04. The fourth-order valence-corrected chi connectivity index (χ4v) is 1.44. The van der Waals surface area contributed by atoms with Crippen molar-refractivity contribution in [1.82, 2.24) is 4.98 Å². The zero-order valence-corrected chi connectivity index (χ0v) is 9.74. The quantitative estimate of drug-likeness (QED) is 0.633. The van der Waals surface area contributed by atoms with Crippen LogP contribution in [-0.4, -0.2) is 22.7 Å². The molecule has 94 valence electrons. The molecule has 0 aromatic carbocycles. The van der Waals surface area contributed by atoms with Crippen molar-refractivity contribution in [3.8, 4) is 0 Å². The van der Waals surface area contributed by atoms with E-state index in [0.717, 1.165) is 0 Å². The molecule has 1 rings (SSSR count). The first-order valence-electron chi connectivity index (χ1n) is 4.94. The van der Waals surface area contributed by atoms with Crippen LogP contribution in [0.5, 0.6) is 0 Å². The molecule has 17 heavy (non-hydrogen) atoms. The minimum Gasteiger partial charge on any atom is -0.389 e. The molecule has 0 fully saturated rings. The van der Waals surface area contributed by atoms with E-state index in [1.165, 1.54) is 12.4 Å². The Bertz CT molecular complexity index is 393. The summed E-state index contributed by atoms with van der Waals surface area (Å²) in [6.07, 6.45) is -1.93. The maximum Gasteiger partial charge on any atom is 0.389 e. The largest absolute Gasteiger partial charge is 0.389 e. The highest BCUT2D eigenvalue weighted by Crippen LogP contribution is 2.21. The third kappa shape index (κ3) is 4.99. The lowest BCUT2D eigenvalue weighted by atomic mass is 10.2. The number of halogens is 3.